The molecule has 6 nitrogen and oxygen atoms in total. The summed E-state index contributed by atoms with van der Waals surface area (Å²) in [7, 11) is 0. The van der Waals surface area contributed by atoms with E-state index in [4.69, 9.17) is 4.74 Å². The predicted molar refractivity (Wildman–Crippen MR) is 101 cm³/mol. The quantitative estimate of drug-likeness (QED) is 0.502. The minimum atomic E-state index is -0.904. The number of amides is 3. The Balaban J connectivity index is 1.73. The molecule has 2 aliphatic rings. The summed E-state index contributed by atoms with van der Waals surface area (Å²) >= 11 is 0. The Morgan fingerprint density at radius 1 is 1.26 bits per heavy atom. The number of ether oxygens (including phenoxy) is 1. The van der Waals surface area contributed by atoms with Crippen LogP contribution in [0, 0.1) is 25.2 Å². The maximum absolute atomic E-state index is 13.1. The number of esters is 1. The molecule has 6 heteroatoms. The van der Waals surface area contributed by atoms with Crippen molar-refractivity contribution in [1.29, 1.82) is 0 Å². The molecule has 0 bridgehead atoms. The monoisotopic (exact) mass is 372 g/mol. The molecule has 3 amide bonds. The number of carbonyl (C=O) groups is 3. The minimum Gasteiger partial charge on any atom is -0.425 e. The van der Waals surface area contributed by atoms with Gasteiger partial charge in [-0.05, 0) is 56.1 Å². The molecule has 1 saturated heterocycles. The lowest BCUT2D eigenvalue weighted by Crippen LogP contribution is -2.54. The van der Waals surface area contributed by atoms with Gasteiger partial charge in [-0.1, -0.05) is 38.5 Å². The number of hydrogen-bond donors (Lipinski definition) is 1. The zero-order valence-corrected chi connectivity index (χ0v) is 16.7. The SMILES string of the molecule is Cc1ccc(OC(=O)CN2C(=O)NC3(CC(C)CC(C)(C)C3)C2=O)c(C)c1. The number of carbonyl (C=O) groups excluding carboxylic acids is 3. The number of rotatable bonds is 3. The van der Waals surface area contributed by atoms with E-state index in [-0.39, 0.29) is 17.9 Å². The fourth-order valence-electron chi connectivity index (χ4n) is 4.85. The molecule has 1 aromatic carbocycles. The van der Waals surface area contributed by atoms with Crippen LogP contribution >= 0.6 is 0 Å². The lowest BCUT2D eigenvalue weighted by molar-refractivity contribution is -0.142. The molecule has 2 atom stereocenters. The summed E-state index contributed by atoms with van der Waals surface area (Å²) in [6.45, 7) is 9.75. The summed E-state index contributed by atoms with van der Waals surface area (Å²) < 4.78 is 5.38. The van der Waals surface area contributed by atoms with E-state index in [0.717, 1.165) is 22.4 Å². The van der Waals surface area contributed by atoms with Gasteiger partial charge in [0.2, 0.25) is 0 Å². The fourth-order valence-corrected chi connectivity index (χ4v) is 4.85. The molecule has 2 fully saturated rings. The lowest BCUT2D eigenvalue weighted by atomic mass is 9.64. The molecular formula is C21H28N2O4. The van der Waals surface area contributed by atoms with Crippen LogP contribution in [0.25, 0.3) is 0 Å². The van der Waals surface area contributed by atoms with Gasteiger partial charge >= 0.3 is 12.0 Å². The Bertz CT molecular complexity index is 801. The molecule has 1 aliphatic heterocycles. The number of imide groups is 1. The van der Waals surface area contributed by atoms with Gasteiger partial charge in [0.15, 0.2) is 0 Å². The van der Waals surface area contributed by atoms with Gasteiger partial charge in [0.1, 0.15) is 17.8 Å². The number of hydrogen-bond acceptors (Lipinski definition) is 4. The Kier molecular flexibility index (Phi) is 4.78. The Labute approximate surface area is 160 Å². The summed E-state index contributed by atoms with van der Waals surface area (Å²) in [6, 6.07) is 4.98. The molecule has 0 aromatic heterocycles. The Morgan fingerprint density at radius 3 is 2.59 bits per heavy atom. The molecule has 3 rings (SSSR count). The molecule has 1 N–H and O–H groups in total. The maximum atomic E-state index is 13.1. The van der Waals surface area contributed by atoms with Crippen LogP contribution in [0.2, 0.25) is 0 Å². The summed E-state index contributed by atoms with van der Waals surface area (Å²) in [4.78, 5) is 38.9. The van der Waals surface area contributed by atoms with Gasteiger partial charge < -0.3 is 10.1 Å². The summed E-state index contributed by atoms with van der Waals surface area (Å²) in [5.74, 6) is -0.171. The van der Waals surface area contributed by atoms with E-state index in [2.05, 4.69) is 26.1 Å². The first-order chi connectivity index (χ1) is 12.5. The third-order valence-corrected chi connectivity index (χ3v) is 5.47. The first-order valence-electron chi connectivity index (χ1n) is 9.43. The standard InChI is InChI=1S/C21H28N2O4/c1-13-6-7-16(15(3)8-13)27-17(24)11-23-18(25)21(22-19(23)26)10-14(2)9-20(4,5)12-21/h6-8,14H,9-12H2,1-5H3,(H,22,26). The van der Waals surface area contributed by atoms with E-state index in [1.807, 2.05) is 26.0 Å². The number of aryl methyl sites for hydroxylation is 2. The van der Waals surface area contributed by atoms with E-state index in [1.165, 1.54) is 0 Å². The van der Waals surface area contributed by atoms with Gasteiger partial charge in [-0.3, -0.25) is 9.69 Å². The summed E-state index contributed by atoms with van der Waals surface area (Å²) in [5, 5.41) is 2.87. The lowest BCUT2D eigenvalue weighted by Gasteiger charge is -2.43. The van der Waals surface area contributed by atoms with Crippen LogP contribution in [0.1, 0.15) is 51.2 Å². The average molecular weight is 372 g/mol. The van der Waals surface area contributed by atoms with Crippen LogP contribution in [-0.4, -0.2) is 34.9 Å². The topological polar surface area (TPSA) is 75.7 Å². The molecule has 146 valence electrons. The van der Waals surface area contributed by atoms with Crippen LogP contribution in [0.15, 0.2) is 18.2 Å². The van der Waals surface area contributed by atoms with Gasteiger partial charge in [-0.25, -0.2) is 9.59 Å². The Hall–Kier alpha value is -2.37. The third-order valence-electron chi connectivity index (χ3n) is 5.47. The largest absolute Gasteiger partial charge is 0.425 e. The highest BCUT2D eigenvalue weighted by Gasteiger charge is 2.56. The highest BCUT2D eigenvalue weighted by atomic mass is 16.5. The molecule has 0 radical (unpaired) electrons. The van der Waals surface area contributed by atoms with Crippen molar-refractivity contribution >= 4 is 17.9 Å². The first kappa shape index (κ1) is 19.4. The van der Waals surface area contributed by atoms with Crippen molar-refractivity contribution in [2.75, 3.05) is 6.54 Å². The molecule has 1 spiro atoms. The van der Waals surface area contributed by atoms with E-state index < -0.39 is 17.5 Å². The molecule has 1 aromatic rings. The van der Waals surface area contributed by atoms with Crippen LogP contribution < -0.4 is 10.1 Å². The predicted octanol–water partition coefficient (Wildman–Crippen LogP) is 3.35. The van der Waals surface area contributed by atoms with Crippen molar-refractivity contribution in [3.8, 4) is 5.75 Å². The zero-order chi connectivity index (χ0) is 20.0. The van der Waals surface area contributed by atoms with E-state index >= 15 is 0 Å². The van der Waals surface area contributed by atoms with Gasteiger partial charge in [0.25, 0.3) is 5.91 Å². The maximum Gasteiger partial charge on any atom is 0.331 e. The van der Waals surface area contributed by atoms with Crippen LogP contribution in [0.3, 0.4) is 0 Å². The normalized spacial score (nSPS) is 27.0. The first-order valence-corrected chi connectivity index (χ1v) is 9.43. The highest BCUT2D eigenvalue weighted by molar-refractivity contribution is 6.08. The summed E-state index contributed by atoms with van der Waals surface area (Å²) in [5.41, 5.74) is 0.950. The van der Waals surface area contributed by atoms with E-state index in [1.54, 1.807) is 6.07 Å². The highest BCUT2D eigenvalue weighted by Crippen LogP contribution is 2.46. The number of urea groups is 1. The number of nitrogens with one attached hydrogen (secondary N) is 1. The second-order valence-electron chi connectivity index (χ2n) is 9.00. The Morgan fingerprint density at radius 2 is 1.96 bits per heavy atom. The minimum absolute atomic E-state index is 0.0455. The van der Waals surface area contributed by atoms with Gasteiger partial charge in [-0.2, -0.15) is 0 Å². The van der Waals surface area contributed by atoms with Crippen molar-refractivity contribution in [3.05, 3.63) is 29.3 Å². The van der Waals surface area contributed by atoms with Crippen molar-refractivity contribution in [1.82, 2.24) is 10.2 Å². The molecule has 27 heavy (non-hydrogen) atoms. The number of benzene rings is 1. The van der Waals surface area contributed by atoms with Crippen LogP contribution in [0.5, 0.6) is 5.75 Å². The van der Waals surface area contributed by atoms with Gasteiger partial charge in [0, 0.05) is 0 Å². The van der Waals surface area contributed by atoms with Crippen molar-refractivity contribution in [2.24, 2.45) is 11.3 Å². The van der Waals surface area contributed by atoms with Crippen molar-refractivity contribution < 1.29 is 19.1 Å². The van der Waals surface area contributed by atoms with Crippen molar-refractivity contribution in [2.45, 2.75) is 59.4 Å². The second kappa shape index (κ2) is 6.66. The molecule has 1 heterocycles. The average Bonchev–Trinajstić information content (AvgIpc) is 2.72. The third kappa shape index (κ3) is 3.84. The molecule has 2 unspecified atom stereocenters. The zero-order valence-electron chi connectivity index (χ0n) is 16.7. The molecular weight excluding hydrogens is 344 g/mol. The van der Waals surface area contributed by atoms with E-state index in [9.17, 15) is 14.4 Å². The van der Waals surface area contributed by atoms with Crippen molar-refractivity contribution in [3.63, 3.8) is 0 Å². The van der Waals surface area contributed by atoms with Gasteiger partial charge in [-0.15, -0.1) is 0 Å². The second-order valence-corrected chi connectivity index (χ2v) is 9.00. The molecule has 1 aliphatic carbocycles. The van der Waals surface area contributed by atoms with E-state index in [0.29, 0.717) is 24.5 Å². The fraction of sp³-hybridized carbons (Fsp3) is 0.571. The summed E-state index contributed by atoms with van der Waals surface area (Å²) in [6.07, 6.45) is 2.19. The molecule has 1 saturated carbocycles. The number of nitrogens with zero attached hydrogens (tertiary/aromatic N) is 1. The van der Waals surface area contributed by atoms with Gasteiger partial charge in [0.05, 0.1) is 0 Å². The van der Waals surface area contributed by atoms with Crippen LogP contribution in [-0.2, 0) is 9.59 Å². The smallest absolute Gasteiger partial charge is 0.331 e. The van der Waals surface area contributed by atoms with Crippen LogP contribution in [0.4, 0.5) is 4.79 Å².